The topological polar surface area (TPSA) is 42.0 Å². The molecule has 2 aromatic carbocycles. The Balaban J connectivity index is 2.30. The van der Waals surface area contributed by atoms with Crippen molar-refractivity contribution in [2.24, 2.45) is 0 Å². The first kappa shape index (κ1) is 17.2. The summed E-state index contributed by atoms with van der Waals surface area (Å²) >= 11 is 0. The molecule has 0 bridgehead atoms. The molecule has 0 spiro atoms. The van der Waals surface area contributed by atoms with Gasteiger partial charge in [0, 0.05) is 22.7 Å². The van der Waals surface area contributed by atoms with Gasteiger partial charge in [-0.3, -0.25) is 9.78 Å². The molecule has 3 aromatic rings. The first-order chi connectivity index (χ1) is 11.8. The lowest BCUT2D eigenvalue weighted by Gasteiger charge is -2.22. The van der Waals surface area contributed by atoms with Crippen molar-refractivity contribution >= 4 is 33.1 Å². The first-order valence-corrected chi connectivity index (χ1v) is 8.53. The highest BCUT2D eigenvalue weighted by atomic mass is 16.1. The molecule has 1 N–H and O–H groups in total. The fourth-order valence-electron chi connectivity index (χ4n) is 3.05. The molecular weight excluding hydrogens is 308 g/mol. The van der Waals surface area contributed by atoms with E-state index in [4.69, 9.17) is 4.98 Å². The number of carbonyl (C=O) groups is 1. The largest absolute Gasteiger partial charge is 0.357 e. The Morgan fingerprint density at radius 2 is 1.80 bits per heavy atom. The molecule has 0 aliphatic rings. The van der Waals surface area contributed by atoms with Gasteiger partial charge in [0.05, 0.1) is 11.2 Å². The maximum atomic E-state index is 11.4. The predicted octanol–water partition coefficient (Wildman–Crippen LogP) is 5.59. The summed E-state index contributed by atoms with van der Waals surface area (Å²) in [6.07, 6.45) is 3.51. The number of allylic oxidation sites excluding steroid dienone is 2. The number of rotatable bonds is 3. The monoisotopic (exact) mass is 332 g/mol. The van der Waals surface area contributed by atoms with Crippen LogP contribution in [-0.2, 0) is 10.2 Å². The standard InChI is InChI=1S/C22H24N2O/c1-14(10-15(2)25)24-20-12-17(22(3,4)5)11-19-18-9-7-6-8-16(18)13-23-21(19)20/h6-13,24H,1-5H3/b14-10-. The molecule has 1 heterocycles. The second-order valence-electron chi connectivity index (χ2n) is 7.58. The molecule has 3 rings (SSSR count). The molecule has 128 valence electrons. The molecule has 1 aromatic heterocycles. The van der Waals surface area contributed by atoms with E-state index in [1.54, 1.807) is 13.0 Å². The molecule has 0 aliphatic carbocycles. The lowest BCUT2D eigenvalue weighted by Crippen LogP contribution is -2.12. The molecule has 0 amide bonds. The van der Waals surface area contributed by atoms with Crippen LogP contribution in [-0.4, -0.2) is 10.8 Å². The predicted molar refractivity (Wildman–Crippen MR) is 106 cm³/mol. The number of benzene rings is 2. The van der Waals surface area contributed by atoms with Crippen molar-refractivity contribution in [1.29, 1.82) is 0 Å². The Hall–Kier alpha value is -2.68. The Kier molecular flexibility index (Phi) is 4.34. The highest BCUT2D eigenvalue weighted by Gasteiger charge is 2.18. The molecule has 25 heavy (non-hydrogen) atoms. The van der Waals surface area contributed by atoms with E-state index in [2.05, 4.69) is 56.4 Å². The van der Waals surface area contributed by atoms with Crippen LogP contribution < -0.4 is 5.32 Å². The van der Waals surface area contributed by atoms with Gasteiger partial charge in [0.25, 0.3) is 0 Å². The Morgan fingerprint density at radius 3 is 2.48 bits per heavy atom. The lowest BCUT2D eigenvalue weighted by atomic mass is 9.85. The van der Waals surface area contributed by atoms with Gasteiger partial charge in [-0.05, 0) is 48.4 Å². The molecule has 3 nitrogen and oxygen atoms in total. The second kappa shape index (κ2) is 6.32. The molecule has 0 saturated heterocycles. The quantitative estimate of drug-likeness (QED) is 0.502. The number of hydrogen-bond acceptors (Lipinski definition) is 3. The molecule has 3 heteroatoms. The maximum Gasteiger partial charge on any atom is 0.154 e. The van der Waals surface area contributed by atoms with Gasteiger partial charge in [-0.15, -0.1) is 0 Å². The van der Waals surface area contributed by atoms with E-state index in [0.717, 1.165) is 27.7 Å². The summed E-state index contributed by atoms with van der Waals surface area (Å²) in [7, 11) is 0. The minimum Gasteiger partial charge on any atom is -0.357 e. The normalized spacial score (nSPS) is 12.6. The lowest BCUT2D eigenvalue weighted by molar-refractivity contribution is -0.112. The highest BCUT2D eigenvalue weighted by Crippen LogP contribution is 2.34. The second-order valence-corrected chi connectivity index (χ2v) is 7.58. The number of nitrogens with one attached hydrogen (secondary N) is 1. The summed E-state index contributed by atoms with van der Waals surface area (Å²) in [4.78, 5) is 16.1. The van der Waals surface area contributed by atoms with Crippen molar-refractivity contribution in [2.45, 2.75) is 40.0 Å². The van der Waals surface area contributed by atoms with E-state index in [1.165, 1.54) is 10.9 Å². The van der Waals surface area contributed by atoms with Crippen molar-refractivity contribution < 1.29 is 4.79 Å². The van der Waals surface area contributed by atoms with Gasteiger partial charge in [-0.1, -0.05) is 45.0 Å². The molecule has 0 radical (unpaired) electrons. The minimum absolute atomic E-state index is 0.0137. The number of anilines is 1. The number of ketones is 1. The van der Waals surface area contributed by atoms with Gasteiger partial charge in [0.15, 0.2) is 5.78 Å². The van der Waals surface area contributed by atoms with Crippen molar-refractivity contribution in [3.05, 3.63) is 59.9 Å². The number of pyridine rings is 1. The molecule has 0 aliphatic heterocycles. The average molecular weight is 332 g/mol. The number of fused-ring (bicyclic) bond motifs is 3. The van der Waals surface area contributed by atoms with Gasteiger partial charge in [0.1, 0.15) is 0 Å². The Bertz CT molecular complexity index is 994. The van der Waals surface area contributed by atoms with Crippen molar-refractivity contribution in [3.63, 3.8) is 0 Å². The number of carbonyl (C=O) groups excluding carboxylic acids is 1. The third-order valence-electron chi connectivity index (χ3n) is 4.31. The van der Waals surface area contributed by atoms with E-state index in [0.29, 0.717) is 0 Å². The van der Waals surface area contributed by atoms with Crippen LogP contribution in [0.2, 0.25) is 0 Å². The summed E-state index contributed by atoms with van der Waals surface area (Å²) in [6, 6.07) is 12.7. The van der Waals surface area contributed by atoms with Crippen LogP contribution in [0.25, 0.3) is 21.7 Å². The number of hydrogen-bond donors (Lipinski definition) is 1. The van der Waals surface area contributed by atoms with E-state index in [-0.39, 0.29) is 11.2 Å². The smallest absolute Gasteiger partial charge is 0.154 e. The van der Waals surface area contributed by atoms with Crippen LogP contribution in [0.4, 0.5) is 5.69 Å². The van der Waals surface area contributed by atoms with Crippen molar-refractivity contribution in [2.75, 3.05) is 5.32 Å². The summed E-state index contributed by atoms with van der Waals surface area (Å²) in [6.45, 7) is 10.1. The molecule has 0 unspecified atom stereocenters. The van der Waals surface area contributed by atoms with Gasteiger partial charge in [0.2, 0.25) is 0 Å². The summed E-state index contributed by atoms with van der Waals surface area (Å²) < 4.78 is 0. The van der Waals surface area contributed by atoms with Crippen molar-refractivity contribution in [1.82, 2.24) is 4.98 Å². The first-order valence-electron chi connectivity index (χ1n) is 8.53. The average Bonchev–Trinajstić information content (AvgIpc) is 2.52. The minimum atomic E-state index is 0.0137. The van der Waals surface area contributed by atoms with Gasteiger partial charge < -0.3 is 5.32 Å². The third kappa shape index (κ3) is 3.55. The molecule has 0 saturated carbocycles. The van der Waals surface area contributed by atoms with Crippen LogP contribution in [0.3, 0.4) is 0 Å². The number of aromatic nitrogens is 1. The van der Waals surface area contributed by atoms with Crippen LogP contribution >= 0.6 is 0 Å². The molecular formula is C22H24N2O. The third-order valence-corrected chi connectivity index (χ3v) is 4.31. The van der Waals surface area contributed by atoms with Gasteiger partial charge >= 0.3 is 0 Å². The van der Waals surface area contributed by atoms with E-state index in [1.807, 2.05) is 19.2 Å². The van der Waals surface area contributed by atoms with Gasteiger partial charge in [-0.25, -0.2) is 0 Å². The van der Waals surface area contributed by atoms with Crippen LogP contribution in [0.15, 0.2) is 54.4 Å². The van der Waals surface area contributed by atoms with Crippen LogP contribution in [0, 0.1) is 0 Å². The zero-order chi connectivity index (χ0) is 18.2. The summed E-state index contributed by atoms with van der Waals surface area (Å²) in [5, 5.41) is 6.82. The van der Waals surface area contributed by atoms with Crippen LogP contribution in [0.1, 0.15) is 40.2 Å². The summed E-state index contributed by atoms with van der Waals surface area (Å²) in [5.41, 5.74) is 3.91. The van der Waals surface area contributed by atoms with E-state index < -0.39 is 0 Å². The van der Waals surface area contributed by atoms with E-state index >= 15 is 0 Å². The fourth-order valence-corrected chi connectivity index (χ4v) is 3.05. The SMILES string of the molecule is CC(=O)/C=C(/C)Nc1cc(C(C)(C)C)cc2c1ncc1ccccc12. The highest BCUT2D eigenvalue weighted by molar-refractivity contribution is 6.09. The Labute approximate surface area is 148 Å². The summed E-state index contributed by atoms with van der Waals surface area (Å²) in [5.74, 6) is 0.0275. The molecule has 0 fully saturated rings. The number of nitrogens with zero attached hydrogens (tertiary/aromatic N) is 1. The van der Waals surface area contributed by atoms with Gasteiger partial charge in [-0.2, -0.15) is 0 Å². The van der Waals surface area contributed by atoms with Crippen molar-refractivity contribution in [3.8, 4) is 0 Å². The Morgan fingerprint density at radius 1 is 1.08 bits per heavy atom. The van der Waals surface area contributed by atoms with E-state index in [9.17, 15) is 4.79 Å². The zero-order valence-electron chi connectivity index (χ0n) is 15.5. The maximum absolute atomic E-state index is 11.4. The fraction of sp³-hybridized carbons (Fsp3) is 0.273. The van der Waals surface area contributed by atoms with Crippen LogP contribution in [0.5, 0.6) is 0 Å². The molecule has 0 atom stereocenters. The zero-order valence-corrected chi connectivity index (χ0v) is 15.5.